The van der Waals surface area contributed by atoms with Crippen molar-refractivity contribution in [3.63, 3.8) is 0 Å². The summed E-state index contributed by atoms with van der Waals surface area (Å²) in [7, 11) is 1.57. The molecule has 5 heteroatoms. The summed E-state index contributed by atoms with van der Waals surface area (Å²) in [5.41, 5.74) is 5.27. The molecule has 0 aromatic heterocycles. The van der Waals surface area contributed by atoms with Gasteiger partial charge >= 0.3 is 0 Å². The lowest BCUT2D eigenvalue weighted by Gasteiger charge is -2.25. The van der Waals surface area contributed by atoms with Gasteiger partial charge in [0.1, 0.15) is 0 Å². The highest BCUT2D eigenvalue weighted by atomic mass is 35.5. The van der Waals surface area contributed by atoms with Crippen LogP contribution in [0.1, 0.15) is 33.6 Å². The maximum Gasteiger partial charge on any atom is 0.223 e. The van der Waals surface area contributed by atoms with Crippen LogP contribution in [0.25, 0.3) is 0 Å². The molecule has 0 aromatic rings. The lowest BCUT2D eigenvalue weighted by molar-refractivity contribution is -0.125. The molecule has 92 valence electrons. The van der Waals surface area contributed by atoms with Crippen molar-refractivity contribution in [1.82, 2.24) is 5.32 Å². The molecule has 15 heavy (non-hydrogen) atoms. The van der Waals surface area contributed by atoms with Crippen LogP contribution in [0, 0.1) is 0 Å². The van der Waals surface area contributed by atoms with Gasteiger partial charge in [-0.25, -0.2) is 0 Å². The third-order valence-electron chi connectivity index (χ3n) is 2.37. The molecule has 4 nitrogen and oxygen atoms in total. The van der Waals surface area contributed by atoms with Gasteiger partial charge in [0, 0.05) is 19.2 Å². The van der Waals surface area contributed by atoms with Gasteiger partial charge in [-0.2, -0.15) is 0 Å². The second kappa shape index (κ2) is 7.91. The fraction of sp³-hybridized carbons (Fsp3) is 0.900. The molecule has 0 aliphatic rings. The number of hydrogen-bond acceptors (Lipinski definition) is 3. The minimum absolute atomic E-state index is 0. The smallest absolute Gasteiger partial charge is 0.223 e. The monoisotopic (exact) mass is 238 g/mol. The molecule has 0 fully saturated rings. The van der Waals surface area contributed by atoms with E-state index in [1.165, 1.54) is 0 Å². The van der Waals surface area contributed by atoms with Gasteiger partial charge in [0.2, 0.25) is 5.91 Å². The zero-order valence-electron chi connectivity index (χ0n) is 10.0. The molecule has 1 unspecified atom stereocenters. The molecule has 0 saturated carbocycles. The summed E-state index contributed by atoms with van der Waals surface area (Å²) in [6.07, 6.45) is 1.05. The molecule has 0 aromatic carbocycles. The second-order valence-corrected chi connectivity index (χ2v) is 4.08. The number of carbonyl (C=O) groups is 1. The maximum absolute atomic E-state index is 11.5. The first-order valence-corrected chi connectivity index (χ1v) is 4.99. The van der Waals surface area contributed by atoms with Crippen LogP contribution in [0.5, 0.6) is 0 Å². The average molecular weight is 239 g/mol. The van der Waals surface area contributed by atoms with E-state index in [9.17, 15) is 4.79 Å². The molecule has 0 aliphatic heterocycles. The van der Waals surface area contributed by atoms with Crippen molar-refractivity contribution in [1.29, 1.82) is 0 Å². The Morgan fingerprint density at radius 1 is 1.53 bits per heavy atom. The summed E-state index contributed by atoms with van der Waals surface area (Å²) >= 11 is 0. The molecule has 0 radical (unpaired) electrons. The van der Waals surface area contributed by atoms with E-state index in [1.54, 1.807) is 7.11 Å². The van der Waals surface area contributed by atoms with Crippen LogP contribution in [0.4, 0.5) is 0 Å². The predicted molar refractivity (Wildman–Crippen MR) is 64.2 cm³/mol. The van der Waals surface area contributed by atoms with Crippen molar-refractivity contribution in [3.8, 4) is 0 Å². The van der Waals surface area contributed by atoms with Crippen molar-refractivity contribution in [3.05, 3.63) is 0 Å². The molecule has 0 aliphatic carbocycles. The first kappa shape index (κ1) is 17.1. The molecule has 0 saturated heterocycles. The highest BCUT2D eigenvalue weighted by Gasteiger charge is 2.19. The third kappa shape index (κ3) is 7.59. The lowest BCUT2D eigenvalue weighted by Crippen LogP contribution is -2.44. The number of ether oxygens (including phenoxy) is 1. The van der Waals surface area contributed by atoms with E-state index in [4.69, 9.17) is 10.5 Å². The SMILES string of the molecule is CCC(C)(C)NC(=O)CC(CN)OC.Cl. The van der Waals surface area contributed by atoms with Gasteiger partial charge in [0.15, 0.2) is 0 Å². The molecule has 0 heterocycles. The topological polar surface area (TPSA) is 64.4 Å². The molecule has 1 amide bonds. The zero-order chi connectivity index (χ0) is 11.2. The number of hydrogen-bond donors (Lipinski definition) is 2. The van der Waals surface area contributed by atoms with Crippen molar-refractivity contribution < 1.29 is 9.53 Å². The lowest BCUT2D eigenvalue weighted by atomic mass is 10.0. The van der Waals surface area contributed by atoms with Crippen molar-refractivity contribution in [2.45, 2.75) is 45.3 Å². The standard InChI is InChI=1S/C10H22N2O2.ClH/c1-5-10(2,3)12-9(13)6-8(7-11)14-4;/h8H,5-7,11H2,1-4H3,(H,12,13);1H. The van der Waals surface area contributed by atoms with E-state index in [0.717, 1.165) is 6.42 Å². The van der Waals surface area contributed by atoms with Gasteiger partial charge in [-0.3, -0.25) is 4.79 Å². The number of nitrogens with one attached hydrogen (secondary N) is 1. The molecule has 0 bridgehead atoms. The Labute approximate surface area is 98.3 Å². The Balaban J connectivity index is 0. The van der Waals surface area contributed by atoms with Gasteiger partial charge in [-0.15, -0.1) is 12.4 Å². The van der Waals surface area contributed by atoms with E-state index in [0.29, 0.717) is 13.0 Å². The normalized spacial score (nSPS) is 12.9. The Morgan fingerprint density at radius 3 is 2.40 bits per heavy atom. The molecular weight excluding hydrogens is 216 g/mol. The van der Waals surface area contributed by atoms with E-state index in [-0.39, 0.29) is 30.0 Å². The number of carbonyl (C=O) groups excluding carboxylic acids is 1. The summed E-state index contributed by atoms with van der Waals surface area (Å²) in [6.45, 7) is 6.40. The van der Waals surface area contributed by atoms with Gasteiger partial charge in [0.05, 0.1) is 12.5 Å². The predicted octanol–water partition coefficient (Wildman–Crippen LogP) is 1.08. The first-order valence-electron chi connectivity index (χ1n) is 4.99. The van der Waals surface area contributed by atoms with Crippen LogP contribution < -0.4 is 11.1 Å². The van der Waals surface area contributed by atoms with Crippen molar-refractivity contribution >= 4 is 18.3 Å². The largest absolute Gasteiger partial charge is 0.380 e. The summed E-state index contributed by atoms with van der Waals surface area (Å²) in [5.74, 6) is -0.00542. The first-order chi connectivity index (χ1) is 6.45. The Kier molecular flexibility index (Phi) is 9.01. The maximum atomic E-state index is 11.5. The van der Waals surface area contributed by atoms with Crippen molar-refractivity contribution in [2.75, 3.05) is 13.7 Å². The van der Waals surface area contributed by atoms with Crippen LogP contribution in [-0.2, 0) is 9.53 Å². The van der Waals surface area contributed by atoms with Gasteiger partial charge in [0.25, 0.3) is 0 Å². The Morgan fingerprint density at radius 2 is 2.07 bits per heavy atom. The molecule has 0 spiro atoms. The summed E-state index contributed by atoms with van der Waals surface area (Å²) in [4.78, 5) is 11.5. The van der Waals surface area contributed by atoms with Crippen LogP contribution in [0.2, 0.25) is 0 Å². The summed E-state index contributed by atoms with van der Waals surface area (Å²) in [6, 6.07) is 0. The minimum atomic E-state index is -0.178. The minimum Gasteiger partial charge on any atom is -0.380 e. The number of methoxy groups -OCH3 is 1. The van der Waals surface area contributed by atoms with E-state index >= 15 is 0 Å². The van der Waals surface area contributed by atoms with Crippen molar-refractivity contribution in [2.24, 2.45) is 5.73 Å². The number of nitrogens with two attached hydrogens (primary N) is 1. The van der Waals surface area contributed by atoms with Gasteiger partial charge < -0.3 is 15.8 Å². The Bertz CT molecular complexity index is 182. The molecule has 1 atom stereocenters. The quantitative estimate of drug-likeness (QED) is 0.728. The van der Waals surface area contributed by atoms with Crippen LogP contribution in [-0.4, -0.2) is 31.2 Å². The number of halogens is 1. The van der Waals surface area contributed by atoms with Crippen LogP contribution >= 0.6 is 12.4 Å². The van der Waals surface area contributed by atoms with Gasteiger partial charge in [-0.05, 0) is 20.3 Å². The second-order valence-electron chi connectivity index (χ2n) is 4.08. The number of amides is 1. The average Bonchev–Trinajstić information content (AvgIpc) is 2.13. The Hall–Kier alpha value is -0.320. The van der Waals surface area contributed by atoms with Gasteiger partial charge in [-0.1, -0.05) is 6.92 Å². The highest BCUT2D eigenvalue weighted by molar-refractivity contribution is 5.85. The van der Waals surface area contributed by atoms with Crippen LogP contribution in [0.3, 0.4) is 0 Å². The summed E-state index contributed by atoms with van der Waals surface area (Å²) in [5, 5.41) is 2.93. The zero-order valence-corrected chi connectivity index (χ0v) is 10.8. The van der Waals surface area contributed by atoms with E-state index in [1.807, 2.05) is 20.8 Å². The summed E-state index contributed by atoms with van der Waals surface area (Å²) < 4.78 is 5.03. The van der Waals surface area contributed by atoms with E-state index in [2.05, 4.69) is 5.32 Å². The molecular formula is C10H23ClN2O2. The highest BCUT2D eigenvalue weighted by Crippen LogP contribution is 2.07. The van der Waals surface area contributed by atoms with E-state index < -0.39 is 0 Å². The molecule has 0 rings (SSSR count). The fourth-order valence-corrected chi connectivity index (χ4v) is 0.987. The molecule has 3 N–H and O–H groups in total. The number of rotatable bonds is 6. The van der Waals surface area contributed by atoms with Crippen LogP contribution in [0.15, 0.2) is 0 Å². The fourth-order valence-electron chi connectivity index (χ4n) is 0.987. The third-order valence-corrected chi connectivity index (χ3v) is 2.37.